The minimum Gasteiger partial charge on any atom is -0.311 e. The molecule has 0 aliphatic carbocycles. The summed E-state index contributed by atoms with van der Waals surface area (Å²) in [5.74, 6) is 0.744. The maximum absolute atomic E-state index is 3.56. The zero-order valence-corrected chi connectivity index (χ0v) is 9.09. The van der Waals surface area contributed by atoms with Crippen LogP contribution in [0.25, 0.3) is 0 Å². The van der Waals surface area contributed by atoms with E-state index in [9.17, 15) is 0 Å². The summed E-state index contributed by atoms with van der Waals surface area (Å²) in [5, 5.41) is 3.56. The molecule has 76 valence electrons. The van der Waals surface area contributed by atoms with Gasteiger partial charge in [0.05, 0.1) is 0 Å². The maximum Gasteiger partial charge on any atom is 0.0218 e. The number of nitrogens with one attached hydrogen (secondary N) is 1. The highest BCUT2D eigenvalue weighted by atomic mass is 15.2. The zero-order valence-electron chi connectivity index (χ0n) is 9.09. The molecule has 2 nitrogen and oxygen atoms in total. The summed E-state index contributed by atoms with van der Waals surface area (Å²) < 4.78 is 0. The highest BCUT2D eigenvalue weighted by Gasteiger charge is 2.20. The Hall–Kier alpha value is -0.340. The summed E-state index contributed by atoms with van der Waals surface area (Å²) in [4.78, 5) is 2.52. The molecule has 1 fully saturated rings. The molecular weight excluding hydrogens is 160 g/mol. The molecule has 0 aromatic heterocycles. The van der Waals surface area contributed by atoms with Crippen molar-refractivity contribution < 1.29 is 0 Å². The first kappa shape index (κ1) is 10.7. The lowest BCUT2D eigenvalue weighted by molar-refractivity contribution is 0.190. The Morgan fingerprint density at radius 2 is 2.31 bits per heavy atom. The van der Waals surface area contributed by atoms with Crippen LogP contribution in [-0.2, 0) is 0 Å². The van der Waals surface area contributed by atoms with Crippen LogP contribution < -0.4 is 5.32 Å². The fraction of sp³-hybridized carbons (Fsp3) is 0.818. The van der Waals surface area contributed by atoms with Gasteiger partial charge in [-0.1, -0.05) is 26.0 Å². The predicted octanol–water partition coefficient (Wildman–Crippen LogP) is 1.49. The summed E-state index contributed by atoms with van der Waals surface area (Å²) in [6, 6.07) is 0.680. The third kappa shape index (κ3) is 3.49. The zero-order chi connectivity index (χ0) is 9.68. The minimum atomic E-state index is 0.680. The van der Waals surface area contributed by atoms with E-state index in [1.54, 1.807) is 0 Å². The van der Waals surface area contributed by atoms with Crippen LogP contribution >= 0.6 is 0 Å². The van der Waals surface area contributed by atoms with Gasteiger partial charge in [-0.3, -0.25) is 4.90 Å². The second kappa shape index (κ2) is 5.40. The summed E-state index contributed by atoms with van der Waals surface area (Å²) in [7, 11) is 0. The van der Waals surface area contributed by atoms with Crippen LogP contribution in [0.5, 0.6) is 0 Å². The van der Waals surface area contributed by atoms with Crippen molar-refractivity contribution in [2.45, 2.75) is 26.8 Å². The third-order valence-corrected chi connectivity index (χ3v) is 2.69. The first-order valence-electron chi connectivity index (χ1n) is 5.31. The second-order valence-corrected chi connectivity index (χ2v) is 4.13. The average molecular weight is 182 g/mol. The standard InChI is InChI=1S/C11H22N2/c1-4-5-7-13-8-6-12-11(9-13)10(2)3/h4-5,10-12H,6-9H2,1-3H3/b5-4+/t11-/m1/s1. The number of rotatable bonds is 3. The van der Waals surface area contributed by atoms with Gasteiger partial charge in [-0.15, -0.1) is 0 Å². The highest BCUT2D eigenvalue weighted by Crippen LogP contribution is 2.07. The molecule has 0 radical (unpaired) electrons. The molecule has 13 heavy (non-hydrogen) atoms. The highest BCUT2D eigenvalue weighted by molar-refractivity contribution is 4.86. The molecule has 1 aliphatic rings. The van der Waals surface area contributed by atoms with Gasteiger partial charge in [0.15, 0.2) is 0 Å². The van der Waals surface area contributed by atoms with Gasteiger partial charge in [0.25, 0.3) is 0 Å². The maximum atomic E-state index is 3.56. The van der Waals surface area contributed by atoms with Crippen molar-refractivity contribution in [1.29, 1.82) is 0 Å². The lowest BCUT2D eigenvalue weighted by atomic mass is 10.0. The number of hydrogen-bond donors (Lipinski definition) is 1. The van der Waals surface area contributed by atoms with Gasteiger partial charge in [-0.2, -0.15) is 0 Å². The Balaban J connectivity index is 2.33. The van der Waals surface area contributed by atoms with Gasteiger partial charge >= 0.3 is 0 Å². The van der Waals surface area contributed by atoms with Gasteiger partial charge in [0.2, 0.25) is 0 Å². The molecule has 0 spiro atoms. The van der Waals surface area contributed by atoms with E-state index in [4.69, 9.17) is 0 Å². The molecule has 0 bridgehead atoms. The third-order valence-electron chi connectivity index (χ3n) is 2.69. The molecule has 2 heteroatoms. The molecule has 0 unspecified atom stereocenters. The van der Waals surface area contributed by atoms with E-state index in [2.05, 4.69) is 43.1 Å². The average Bonchev–Trinajstić information content (AvgIpc) is 2.15. The molecule has 1 atom stereocenters. The van der Waals surface area contributed by atoms with Gasteiger partial charge in [0.1, 0.15) is 0 Å². The van der Waals surface area contributed by atoms with Gasteiger partial charge in [-0.05, 0) is 12.8 Å². The fourth-order valence-electron chi connectivity index (χ4n) is 1.71. The Labute approximate surface area is 82.0 Å². The lowest BCUT2D eigenvalue weighted by Gasteiger charge is -2.35. The van der Waals surface area contributed by atoms with Crippen LogP contribution in [-0.4, -0.2) is 37.1 Å². The van der Waals surface area contributed by atoms with E-state index >= 15 is 0 Å². The van der Waals surface area contributed by atoms with Crippen LogP contribution in [0.1, 0.15) is 20.8 Å². The Morgan fingerprint density at radius 1 is 1.54 bits per heavy atom. The van der Waals surface area contributed by atoms with E-state index < -0.39 is 0 Å². The van der Waals surface area contributed by atoms with Crippen molar-refractivity contribution in [2.24, 2.45) is 5.92 Å². The largest absolute Gasteiger partial charge is 0.311 e. The van der Waals surface area contributed by atoms with Crippen LogP contribution in [0.3, 0.4) is 0 Å². The van der Waals surface area contributed by atoms with Crippen molar-refractivity contribution in [1.82, 2.24) is 10.2 Å². The van der Waals surface area contributed by atoms with Gasteiger partial charge < -0.3 is 5.32 Å². The van der Waals surface area contributed by atoms with Crippen LogP contribution in [0.2, 0.25) is 0 Å². The van der Waals surface area contributed by atoms with Gasteiger partial charge in [0, 0.05) is 32.2 Å². The smallest absolute Gasteiger partial charge is 0.0218 e. The van der Waals surface area contributed by atoms with Gasteiger partial charge in [-0.25, -0.2) is 0 Å². The molecule has 0 saturated carbocycles. The van der Waals surface area contributed by atoms with Crippen molar-refractivity contribution in [2.75, 3.05) is 26.2 Å². The second-order valence-electron chi connectivity index (χ2n) is 4.13. The minimum absolute atomic E-state index is 0.680. The van der Waals surface area contributed by atoms with E-state index in [-0.39, 0.29) is 0 Å². The van der Waals surface area contributed by atoms with Crippen molar-refractivity contribution in [3.63, 3.8) is 0 Å². The predicted molar refractivity (Wildman–Crippen MR) is 57.9 cm³/mol. The van der Waals surface area contributed by atoms with E-state index in [1.165, 1.54) is 13.1 Å². The Morgan fingerprint density at radius 3 is 2.92 bits per heavy atom. The van der Waals surface area contributed by atoms with Crippen LogP contribution in [0.4, 0.5) is 0 Å². The Bertz CT molecular complexity index is 163. The topological polar surface area (TPSA) is 15.3 Å². The summed E-state index contributed by atoms with van der Waals surface area (Å²) in [6.07, 6.45) is 4.37. The summed E-state index contributed by atoms with van der Waals surface area (Å²) in [5.41, 5.74) is 0. The number of piperazine rings is 1. The van der Waals surface area contributed by atoms with Crippen molar-refractivity contribution in [3.8, 4) is 0 Å². The van der Waals surface area contributed by atoms with Crippen molar-refractivity contribution in [3.05, 3.63) is 12.2 Å². The molecule has 1 heterocycles. The van der Waals surface area contributed by atoms with Crippen molar-refractivity contribution >= 4 is 0 Å². The molecule has 1 saturated heterocycles. The van der Waals surface area contributed by atoms with E-state index in [1.807, 2.05) is 0 Å². The number of allylic oxidation sites excluding steroid dienone is 1. The normalized spacial score (nSPS) is 26.0. The van der Waals surface area contributed by atoms with Crippen LogP contribution in [0.15, 0.2) is 12.2 Å². The Kier molecular flexibility index (Phi) is 4.46. The SMILES string of the molecule is C/C=C/CN1CCN[C@@H](C(C)C)C1. The molecule has 1 rings (SSSR count). The van der Waals surface area contributed by atoms with Crippen LogP contribution in [0, 0.1) is 5.92 Å². The number of nitrogens with zero attached hydrogens (tertiary/aromatic N) is 1. The lowest BCUT2D eigenvalue weighted by Crippen LogP contribution is -2.52. The fourth-order valence-corrected chi connectivity index (χ4v) is 1.71. The molecule has 1 aliphatic heterocycles. The molecular formula is C11H22N2. The first-order valence-corrected chi connectivity index (χ1v) is 5.31. The molecule has 0 aromatic carbocycles. The van der Waals surface area contributed by atoms with E-state index in [0.717, 1.165) is 19.0 Å². The molecule has 0 aromatic rings. The first-order chi connectivity index (χ1) is 6.24. The quantitative estimate of drug-likeness (QED) is 0.665. The molecule has 0 amide bonds. The monoisotopic (exact) mass is 182 g/mol. The summed E-state index contributed by atoms with van der Waals surface area (Å²) in [6.45, 7) is 11.3. The van der Waals surface area contributed by atoms with E-state index in [0.29, 0.717) is 6.04 Å². The number of hydrogen-bond acceptors (Lipinski definition) is 2. The summed E-state index contributed by atoms with van der Waals surface area (Å²) >= 11 is 0. The molecule has 1 N–H and O–H groups in total.